The van der Waals surface area contributed by atoms with Crippen molar-refractivity contribution in [2.24, 2.45) is 0 Å². The molecule has 0 saturated carbocycles. The average Bonchev–Trinajstić information content (AvgIpc) is 2.39. The van der Waals surface area contributed by atoms with Crippen molar-refractivity contribution < 1.29 is 9.18 Å². The van der Waals surface area contributed by atoms with Crippen molar-refractivity contribution in [1.29, 1.82) is 0 Å². The van der Waals surface area contributed by atoms with E-state index in [1.165, 1.54) is 18.9 Å². The molecule has 1 heterocycles. The second-order valence-electron chi connectivity index (χ2n) is 5.30. The van der Waals surface area contributed by atoms with E-state index in [2.05, 4.69) is 10.6 Å². The lowest BCUT2D eigenvalue weighted by Crippen LogP contribution is -2.50. The highest BCUT2D eigenvalue weighted by atomic mass is 19.1. The summed E-state index contributed by atoms with van der Waals surface area (Å²) in [6.45, 7) is 4.76. The number of carbonyl (C=O) groups excluding carboxylic acids is 1. The quantitative estimate of drug-likeness (QED) is 0.880. The fourth-order valence-electron chi connectivity index (χ4n) is 2.49. The van der Waals surface area contributed by atoms with E-state index in [1.807, 2.05) is 6.92 Å². The van der Waals surface area contributed by atoms with E-state index in [0.717, 1.165) is 18.5 Å². The van der Waals surface area contributed by atoms with Gasteiger partial charge < -0.3 is 10.6 Å². The van der Waals surface area contributed by atoms with Crippen LogP contribution in [0, 0.1) is 12.7 Å². The summed E-state index contributed by atoms with van der Waals surface area (Å²) in [6.07, 6.45) is 3.42. The molecule has 1 aliphatic heterocycles. The molecular weight excluding hydrogens is 243 g/mol. The summed E-state index contributed by atoms with van der Waals surface area (Å²) >= 11 is 0. The molecule has 0 radical (unpaired) electrons. The first-order chi connectivity index (χ1) is 9.08. The van der Waals surface area contributed by atoms with E-state index < -0.39 is 5.82 Å². The van der Waals surface area contributed by atoms with E-state index in [9.17, 15) is 9.18 Å². The molecule has 0 spiro atoms. The Morgan fingerprint density at radius 3 is 2.89 bits per heavy atom. The van der Waals surface area contributed by atoms with Crippen LogP contribution in [-0.2, 0) is 0 Å². The van der Waals surface area contributed by atoms with Gasteiger partial charge in [-0.05, 0) is 50.9 Å². The van der Waals surface area contributed by atoms with Crippen molar-refractivity contribution >= 4 is 5.91 Å². The molecule has 104 valence electrons. The van der Waals surface area contributed by atoms with Crippen LogP contribution in [0.2, 0.25) is 0 Å². The van der Waals surface area contributed by atoms with Crippen molar-refractivity contribution in [2.45, 2.75) is 45.2 Å². The zero-order valence-corrected chi connectivity index (χ0v) is 11.5. The molecule has 19 heavy (non-hydrogen) atoms. The van der Waals surface area contributed by atoms with Gasteiger partial charge in [0.05, 0.1) is 5.56 Å². The summed E-state index contributed by atoms with van der Waals surface area (Å²) in [4.78, 5) is 12.1. The molecule has 2 N–H and O–H groups in total. The van der Waals surface area contributed by atoms with Crippen LogP contribution >= 0.6 is 0 Å². The average molecular weight is 264 g/mol. The maximum absolute atomic E-state index is 13.7. The van der Waals surface area contributed by atoms with Crippen molar-refractivity contribution in [1.82, 2.24) is 10.6 Å². The molecule has 2 rings (SSSR count). The third-order valence-electron chi connectivity index (χ3n) is 3.68. The van der Waals surface area contributed by atoms with Crippen LogP contribution < -0.4 is 10.6 Å². The molecule has 1 aliphatic rings. The molecule has 0 aromatic heterocycles. The van der Waals surface area contributed by atoms with Gasteiger partial charge in [-0.2, -0.15) is 0 Å². The van der Waals surface area contributed by atoms with Gasteiger partial charge in [-0.3, -0.25) is 4.79 Å². The molecule has 1 amide bonds. The first-order valence-electron chi connectivity index (χ1n) is 6.88. The number of aryl methyl sites for hydroxylation is 1. The van der Waals surface area contributed by atoms with Crippen LogP contribution in [0.25, 0.3) is 0 Å². The number of carbonyl (C=O) groups is 1. The lowest BCUT2D eigenvalue weighted by molar-refractivity contribution is 0.0924. The number of benzene rings is 1. The van der Waals surface area contributed by atoms with Gasteiger partial charge in [0, 0.05) is 12.1 Å². The van der Waals surface area contributed by atoms with Crippen LogP contribution in [0.3, 0.4) is 0 Å². The Labute approximate surface area is 113 Å². The molecule has 0 bridgehead atoms. The van der Waals surface area contributed by atoms with Crippen LogP contribution in [0.15, 0.2) is 18.2 Å². The monoisotopic (exact) mass is 264 g/mol. The van der Waals surface area contributed by atoms with Gasteiger partial charge in [-0.15, -0.1) is 0 Å². The predicted octanol–water partition coefficient (Wildman–Crippen LogP) is 2.39. The number of hydrogen-bond acceptors (Lipinski definition) is 2. The van der Waals surface area contributed by atoms with Crippen molar-refractivity contribution in [3.8, 4) is 0 Å². The molecule has 2 atom stereocenters. The molecule has 3 nitrogen and oxygen atoms in total. The number of amides is 1. The Kier molecular flexibility index (Phi) is 4.53. The van der Waals surface area contributed by atoms with Gasteiger partial charge in [0.15, 0.2) is 0 Å². The van der Waals surface area contributed by atoms with E-state index in [4.69, 9.17) is 0 Å². The Bertz CT molecular complexity index is 455. The fourth-order valence-corrected chi connectivity index (χ4v) is 2.49. The van der Waals surface area contributed by atoms with Crippen LogP contribution in [0.4, 0.5) is 4.39 Å². The van der Waals surface area contributed by atoms with Crippen LogP contribution in [-0.4, -0.2) is 24.5 Å². The Morgan fingerprint density at radius 2 is 2.26 bits per heavy atom. The summed E-state index contributed by atoms with van der Waals surface area (Å²) < 4.78 is 13.7. The maximum Gasteiger partial charge on any atom is 0.254 e. The minimum absolute atomic E-state index is 0.00787. The Balaban J connectivity index is 1.99. The van der Waals surface area contributed by atoms with Crippen molar-refractivity contribution in [2.75, 3.05) is 6.54 Å². The third-order valence-corrected chi connectivity index (χ3v) is 3.68. The second kappa shape index (κ2) is 6.15. The van der Waals surface area contributed by atoms with E-state index in [0.29, 0.717) is 0 Å². The predicted molar refractivity (Wildman–Crippen MR) is 73.7 cm³/mol. The molecule has 0 aliphatic carbocycles. The third kappa shape index (κ3) is 3.53. The summed E-state index contributed by atoms with van der Waals surface area (Å²) in [5.41, 5.74) is 0.935. The summed E-state index contributed by atoms with van der Waals surface area (Å²) in [6, 6.07) is 4.97. The van der Waals surface area contributed by atoms with E-state index >= 15 is 0 Å². The van der Waals surface area contributed by atoms with Gasteiger partial charge in [0.2, 0.25) is 0 Å². The molecule has 1 saturated heterocycles. The summed E-state index contributed by atoms with van der Waals surface area (Å²) in [7, 11) is 0. The largest absolute Gasteiger partial charge is 0.348 e. The fraction of sp³-hybridized carbons (Fsp3) is 0.533. The van der Waals surface area contributed by atoms with Crippen molar-refractivity contribution in [3.05, 3.63) is 35.1 Å². The smallest absolute Gasteiger partial charge is 0.254 e. The van der Waals surface area contributed by atoms with E-state index in [1.54, 1.807) is 19.1 Å². The summed E-state index contributed by atoms with van der Waals surface area (Å²) in [5, 5.41) is 6.28. The minimum Gasteiger partial charge on any atom is -0.348 e. The molecule has 1 aromatic carbocycles. The number of hydrogen-bond donors (Lipinski definition) is 2. The highest BCUT2D eigenvalue weighted by Gasteiger charge is 2.22. The van der Waals surface area contributed by atoms with E-state index in [-0.39, 0.29) is 23.6 Å². The minimum atomic E-state index is -0.457. The molecule has 4 heteroatoms. The second-order valence-corrected chi connectivity index (χ2v) is 5.30. The standard InChI is InChI=1S/C15H21FN2O/c1-10-6-7-12(13(16)9-10)15(19)18-11(2)14-5-3-4-8-17-14/h6-7,9,11,14,17H,3-5,8H2,1-2H3,(H,18,19). The van der Waals surface area contributed by atoms with Gasteiger partial charge >= 0.3 is 0 Å². The lowest BCUT2D eigenvalue weighted by Gasteiger charge is -2.29. The van der Waals surface area contributed by atoms with Crippen LogP contribution in [0.1, 0.15) is 42.1 Å². The molecule has 1 aromatic rings. The number of halogens is 1. The number of piperidine rings is 1. The maximum atomic E-state index is 13.7. The van der Waals surface area contributed by atoms with Gasteiger partial charge in [0.1, 0.15) is 5.82 Å². The highest BCUT2D eigenvalue weighted by Crippen LogP contribution is 2.13. The van der Waals surface area contributed by atoms with Crippen LogP contribution in [0.5, 0.6) is 0 Å². The van der Waals surface area contributed by atoms with Gasteiger partial charge in [0.25, 0.3) is 5.91 Å². The Morgan fingerprint density at radius 1 is 1.47 bits per heavy atom. The van der Waals surface area contributed by atoms with Gasteiger partial charge in [-0.1, -0.05) is 12.5 Å². The molecule has 2 unspecified atom stereocenters. The van der Waals surface area contributed by atoms with Gasteiger partial charge in [-0.25, -0.2) is 4.39 Å². The number of rotatable bonds is 3. The normalized spacial score (nSPS) is 20.9. The highest BCUT2D eigenvalue weighted by molar-refractivity contribution is 5.94. The molecular formula is C15H21FN2O. The molecule has 1 fully saturated rings. The van der Waals surface area contributed by atoms with Crippen molar-refractivity contribution in [3.63, 3.8) is 0 Å². The first kappa shape index (κ1) is 14.0. The first-order valence-corrected chi connectivity index (χ1v) is 6.88. The lowest BCUT2D eigenvalue weighted by atomic mass is 9.98. The Hall–Kier alpha value is -1.42. The summed E-state index contributed by atoms with van der Waals surface area (Å²) in [5.74, 6) is -0.793. The zero-order valence-electron chi connectivity index (χ0n) is 11.5. The number of nitrogens with one attached hydrogen (secondary N) is 2. The SMILES string of the molecule is Cc1ccc(C(=O)NC(C)C2CCCCN2)c(F)c1. The zero-order chi connectivity index (χ0) is 13.8. The topological polar surface area (TPSA) is 41.1 Å².